The molecule has 0 radical (unpaired) electrons. The number of ether oxygens (including phenoxy) is 3. The second-order valence-corrected chi connectivity index (χ2v) is 5.65. The number of methoxy groups -OCH3 is 1. The Morgan fingerprint density at radius 3 is 2.09 bits per heavy atom. The highest BCUT2D eigenvalue weighted by atomic mass is 79.9. The number of hydrogen-bond donors (Lipinski definition) is 0. The van der Waals surface area contributed by atoms with Crippen LogP contribution in [-0.4, -0.2) is 19.2 Å². The molecule has 0 heterocycles. The van der Waals surface area contributed by atoms with Crippen molar-refractivity contribution in [2.75, 3.05) is 7.11 Å². The van der Waals surface area contributed by atoms with Gasteiger partial charge in [0.2, 0.25) is 0 Å². The molecule has 0 aliphatic heterocycles. The van der Waals surface area contributed by atoms with E-state index in [1.807, 2.05) is 55.5 Å². The van der Waals surface area contributed by atoms with Crippen LogP contribution in [0.2, 0.25) is 0 Å². The van der Waals surface area contributed by atoms with Crippen LogP contribution in [0.5, 0.6) is 17.2 Å². The standard InChI is InChI=1S/C18H17BrO4/c1-13(3-12-18(20)21-2)22-15-8-10-17(11-9-15)23-16-6-4-14(19)5-7-16/h3-13H,1-2H3. The van der Waals surface area contributed by atoms with Gasteiger partial charge in [-0.3, -0.25) is 0 Å². The minimum Gasteiger partial charge on any atom is -0.487 e. The number of carbonyl (C=O) groups is 1. The number of halogens is 1. The summed E-state index contributed by atoms with van der Waals surface area (Å²) in [6, 6.07) is 14.9. The SMILES string of the molecule is COC(=O)C=CC(C)Oc1ccc(Oc2ccc(Br)cc2)cc1. The summed E-state index contributed by atoms with van der Waals surface area (Å²) < 4.78 is 16.9. The summed E-state index contributed by atoms with van der Waals surface area (Å²) in [6.45, 7) is 1.84. The minimum absolute atomic E-state index is 0.243. The Balaban J connectivity index is 1.92. The van der Waals surface area contributed by atoms with Gasteiger partial charge < -0.3 is 14.2 Å². The second-order valence-electron chi connectivity index (χ2n) is 4.73. The van der Waals surface area contributed by atoms with Gasteiger partial charge in [-0.05, 0) is 61.5 Å². The van der Waals surface area contributed by atoms with Crippen LogP contribution in [0.15, 0.2) is 65.2 Å². The minimum atomic E-state index is -0.404. The highest BCUT2D eigenvalue weighted by Crippen LogP contribution is 2.25. The molecule has 0 fully saturated rings. The Labute approximate surface area is 143 Å². The highest BCUT2D eigenvalue weighted by Gasteiger charge is 2.03. The first kappa shape index (κ1) is 17.1. The summed E-state index contributed by atoms with van der Waals surface area (Å²) in [6.07, 6.45) is 2.74. The molecular formula is C18H17BrO4. The lowest BCUT2D eigenvalue weighted by Gasteiger charge is -2.11. The largest absolute Gasteiger partial charge is 0.487 e. The van der Waals surface area contributed by atoms with Gasteiger partial charge in [-0.15, -0.1) is 0 Å². The van der Waals surface area contributed by atoms with Crippen molar-refractivity contribution < 1.29 is 19.0 Å². The molecule has 1 atom stereocenters. The lowest BCUT2D eigenvalue weighted by molar-refractivity contribution is -0.134. The topological polar surface area (TPSA) is 44.8 Å². The number of rotatable bonds is 6. The highest BCUT2D eigenvalue weighted by molar-refractivity contribution is 9.10. The Bertz CT molecular complexity index is 662. The van der Waals surface area contributed by atoms with Gasteiger partial charge in [0.1, 0.15) is 23.4 Å². The molecule has 1 unspecified atom stereocenters. The third-order valence-electron chi connectivity index (χ3n) is 2.90. The van der Waals surface area contributed by atoms with E-state index in [0.29, 0.717) is 5.75 Å². The van der Waals surface area contributed by atoms with Gasteiger partial charge >= 0.3 is 5.97 Å². The quantitative estimate of drug-likeness (QED) is 0.539. The van der Waals surface area contributed by atoms with Crippen molar-refractivity contribution in [1.29, 1.82) is 0 Å². The molecule has 2 aromatic carbocycles. The van der Waals surface area contributed by atoms with Crippen LogP contribution < -0.4 is 9.47 Å². The lowest BCUT2D eigenvalue weighted by atomic mass is 10.3. The van der Waals surface area contributed by atoms with Gasteiger partial charge in [0.05, 0.1) is 7.11 Å². The smallest absolute Gasteiger partial charge is 0.330 e. The number of carbonyl (C=O) groups excluding carboxylic acids is 1. The molecule has 0 aliphatic carbocycles. The fraction of sp³-hybridized carbons (Fsp3) is 0.167. The number of hydrogen-bond acceptors (Lipinski definition) is 4. The summed E-state index contributed by atoms with van der Waals surface area (Å²) in [5, 5.41) is 0. The van der Waals surface area contributed by atoms with Gasteiger partial charge in [0.15, 0.2) is 0 Å². The monoisotopic (exact) mass is 376 g/mol. The molecule has 0 saturated heterocycles. The molecule has 4 nitrogen and oxygen atoms in total. The first-order chi connectivity index (χ1) is 11.1. The second kappa shape index (κ2) is 8.39. The average molecular weight is 377 g/mol. The third-order valence-corrected chi connectivity index (χ3v) is 3.43. The maximum Gasteiger partial charge on any atom is 0.330 e. The molecule has 5 heteroatoms. The van der Waals surface area contributed by atoms with E-state index in [2.05, 4.69) is 20.7 Å². The Hall–Kier alpha value is -2.27. The maximum atomic E-state index is 11.0. The van der Waals surface area contributed by atoms with Crippen molar-refractivity contribution >= 4 is 21.9 Å². The van der Waals surface area contributed by atoms with Crippen LogP contribution in [0.25, 0.3) is 0 Å². The van der Waals surface area contributed by atoms with E-state index < -0.39 is 5.97 Å². The average Bonchev–Trinajstić information content (AvgIpc) is 2.56. The Morgan fingerprint density at radius 2 is 1.52 bits per heavy atom. The van der Waals surface area contributed by atoms with E-state index >= 15 is 0 Å². The summed E-state index contributed by atoms with van der Waals surface area (Å²) in [5.74, 6) is 1.77. The maximum absolute atomic E-state index is 11.0. The van der Waals surface area contributed by atoms with Crippen LogP contribution in [0.3, 0.4) is 0 Å². The van der Waals surface area contributed by atoms with Crippen LogP contribution in [0.4, 0.5) is 0 Å². The number of esters is 1. The zero-order valence-electron chi connectivity index (χ0n) is 12.9. The summed E-state index contributed by atoms with van der Waals surface area (Å²) in [7, 11) is 1.34. The van der Waals surface area contributed by atoms with Crippen molar-refractivity contribution in [2.45, 2.75) is 13.0 Å². The van der Waals surface area contributed by atoms with E-state index in [0.717, 1.165) is 16.0 Å². The molecular weight excluding hydrogens is 360 g/mol. The summed E-state index contributed by atoms with van der Waals surface area (Å²) in [5.41, 5.74) is 0. The first-order valence-corrected chi connectivity index (χ1v) is 7.82. The lowest BCUT2D eigenvalue weighted by Crippen LogP contribution is -2.09. The summed E-state index contributed by atoms with van der Waals surface area (Å²) in [4.78, 5) is 11.0. The number of benzene rings is 2. The van der Waals surface area contributed by atoms with Crippen LogP contribution in [0, 0.1) is 0 Å². The summed E-state index contributed by atoms with van der Waals surface area (Å²) >= 11 is 3.38. The van der Waals surface area contributed by atoms with Crippen molar-refractivity contribution in [2.24, 2.45) is 0 Å². The zero-order valence-corrected chi connectivity index (χ0v) is 14.4. The van der Waals surface area contributed by atoms with Crippen molar-refractivity contribution in [1.82, 2.24) is 0 Å². The van der Waals surface area contributed by atoms with E-state index in [1.54, 1.807) is 6.08 Å². The molecule has 2 rings (SSSR count). The Morgan fingerprint density at radius 1 is 1.00 bits per heavy atom. The van der Waals surface area contributed by atoms with Gasteiger partial charge in [-0.2, -0.15) is 0 Å². The third kappa shape index (κ3) is 5.79. The van der Waals surface area contributed by atoms with E-state index in [-0.39, 0.29) is 6.10 Å². The Kier molecular flexibility index (Phi) is 6.23. The van der Waals surface area contributed by atoms with Gasteiger partial charge in [0.25, 0.3) is 0 Å². The normalized spacial score (nSPS) is 12.0. The van der Waals surface area contributed by atoms with Gasteiger partial charge in [-0.25, -0.2) is 4.79 Å². The van der Waals surface area contributed by atoms with E-state index in [4.69, 9.17) is 9.47 Å². The molecule has 0 saturated carbocycles. The van der Waals surface area contributed by atoms with Crippen LogP contribution >= 0.6 is 15.9 Å². The molecule has 0 aliphatic rings. The first-order valence-electron chi connectivity index (χ1n) is 7.03. The fourth-order valence-electron chi connectivity index (χ4n) is 1.76. The van der Waals surface area contributed by atoms with E-state index in [9.17, 15) is 4.79 Å². The molecule has 120 valence electrons. The van der Waals surface area contributed by atoms with Crippen molar-refractivity contribution in [3.05, 3.63) is 65.2 Å². The van der Waals surface area contributed by atoms with Crippen molar-refractivity contribution in [3.8, 4) is 17.2 Å². The van der Waals surface area contributed by atoms with Gasteiger partial charge in [0, 0.05) is 10.5 Å². The molecule has 0 bridgehead atoms. The van der Waals surface area contributed by atoms with Crippen LogP contribution in [0.1, 0.15) is 6.92 Å². The van der Waals surface area contributed by atoms with Crippen LogP contribution in [-0.2, 0) is 9.53 Å². The molecule has 0 spiro atoms. The molecule has 2 aromatic rings. The zero-order chi connectivity index (χ0) is 16.7. The predicted octanol–water partition coefficient (Wildman–Crippen LogP) is 4.74. The molecule has 0 N–H and O–H groups in total. The molecule has 0 amide bonds. The predicted molar refractivity (Wildman–Crippen MR) is 91.9 cm³/mol. The van der Waals surface area contributed by atoms with E-state index in [1.165, 1.54) is 13.2 Å². The molecule has 0 aromatic heterocycles. The van der Waals surface area contributed by atoms with Gasteiger partial charge in [-0.1, -0.05) is 15.9 Å². The van der Waals surface area contributed by atoms with Crippen molar-refractivity contribution in [3.63, 3.8) is 0 Å². The molecule has 23 heavy (non-hydrogen) atoms. The fourth-order valence-corrected chi connectivity index (χ4v) is 2.03.